The van der Waals surface area contributed by atoms with Gasteiger partial charge in [0.05, 0.1) is 11.2 Å². The van der Waals surface area contributed by atoms with Crippen molar-refractivity contribution in [1.29, 1.82) is 0 Å². The fraction of sp³-hybridized carbons (Fsp3) is 0.455. The van der Waals surface area contributed by atoms with E-state index < -0.39 is 17.5 Å². The van der Waals surface area contributed by atoms with Gasteiger partial charge in [0.15, 0.2) is 0 Å². The van der Waals surface area contributed by atoms with Crippen LogP contribution in [0.1, 0.15) is 44.9 Å². The summed E-state index contributed by atoms with van der Waals surface area (Å²) in [6.07, 6.45) is -3.72. The van der Waals surface area contributed by atoms with E-state index in [1.165, 1.54) is 10.6 Å². The topological polar surface area (TPSA) is 45.6 Å². The molecule has 166 valence electrons. The number of fused-ring (bicyclic) bond motifs is 2. The van der Waals surface area contributed by atoms with Crippen LogP contribution in [0.2, 0.25) is 0 Å². The Morgan fingerprint density at radius 1 is 1.03 bits per heavy atom. The first-order chi connectivity index (χ1) is 14.5. The standard InChI is InChI=1S/C22H23BrF3N3O2/c1-14-13-15(3-4-16(14)23)20(31)28-9-7-21(8-10-28)18-6-5-17(19(30)22(24,25)26)29(18)12-11-27(21)2/h3-6,13H,7-12H2,1-2H3. The number of rotatable bonds is 2. The Morgan fingerprint density at radius 3 is 2.32 bits per heavy atom. The average Bonchev–Trinajstić information content (AvgIpc) is 3.16. The minimum Gasteiger partial charge on any atom is -0.339 e. The number of amides is 1. The van der Waals surface area contributed by atoms with E-state index in [9.17, 15) is 22.8 Å². The van der Waals surface area contributed by atoms with Crippen molar-refractivity contribution in [1.82, 2.24) is 14.4 Å². The van der Waals surface area contributed by atoms with E-state index in [0.29, 0.717) is 44.6 Å². The van der Waals surface area contributed by atoms with E-state index in [1.54, 1.807) is 17.0 Å². The van der Waals surface area contributed by atoms with E-state index in [0.717, 1.165) is 15.7 Å². The molecule has 1 spiro atoms. The van der Waals surface area contributed by atoms with E-state index in [2.05, 4.69) is 20.8 Å². The Labute approximate surface area is 186 Å². The maximum atomic E-state index is 13.0. The van der Waals surface area contributed by atoms with Gasteiger partial charge in [0.2, 0.25) is 0 Å². The summed E-state index contributed by atoms with van der Waals surface area (Å²) in [7, 11) is 1.96. The highest BCUT2D eigenvalue weighted by atomic mass is 79.9. The number of likely N-dealkylation sites (tertiary alicyclic amines) is 1. The van der Waals surface area contributed by atoms with Crippen LogP contribution >= 0.6 is 15.9 Å². The maximum absolute atomic E-state index is 13.0. The molecule has 1 saturated heterocycles. The van der Waals surface area contributed by atoms with Gasteiger partial charge in [-0.15, -0.1) is 0 Å². The molecule has 0 bridgehead atoms. The number of carbonyl (C=O) groups excluding carboxylic acids is 2. The number of aromatic nitrogens is 1. The summed E-state index contributed by atoms with van der Waals surface area (Å²) in [5.41, 5.74) is 1.52. The number of nitrogens with zero attached hydrogens (tertiary/aromatic N) is 3. The van der Waals surface area contributed by atoms with Crippen LogP contribution in [0.5, 0.6) is 0 Å². The van der Waals surface area contributed by atoms with Gasteiger partial charge in [0.1, 0.15) is 0 Å². The summed E-state index contributed by atoms with van der Waals surface area (Å²) in [6.45, 7) is 3.79. The summed E-state index contributed by atoms with van der Waals surface area (Å²) in [5, 5.41) is 0. The Balaban J connectivity index is 1.58. The lowest BCUT2D eigenvalue weighted by Crippen LogP contribution is -2.56. The molecule has 1 fully saturated rings. The van der Waals surface area contributed by atoms with E-state index >= 15 is 0 Å². The van der Waals surface area contributed by atoms with Crippen LogP contribution in [0, 0.1) is 6.92 Å². The molecule has 0 aliphatic carbocycles. The highest BCUT2D eigenvalue weighted by Gasteiger charge is 2.47. The highest BCUT2D eigenvalue weighted by molar-refractivity contribution is 9.10. The Morgan fingerprint density at radius 2 is 1.71 bits per heavy atom. The largest absolute Gasteiger partial charge is 0.456 e. The van der Waals surface area contributed by atoms with Gasteiger partial charge >= 0.3 is 6.18 Å². The summed E-state index contributed by atoms with van der Waals surface area (Å²) < 4.78 is 41.5. The molecule has 1 amide bonds. The number of carbonyl (C=O) groups is 2. The van der Waals surface area contributed by atoms with E-state index in [-0.39, 0.29) is 11.6 Å². The first-order valence-electron chi connectivity index (χ1n) is 10.1. The van der Waals surface area contributed by atoms with Crippen LogP contribution in [0.3, 0.4) is 0 Å². The van der Waals surface area contributed by atoms with E-state index in [1.807, 2.05) is 26.1 Å². The third-order valence-corrected chi connectivity index (χ3v) is 7.51. The molecule has 0 atom stereocenters. The number of likely N-dealkylation sites (N-methyl/N-ethyl adjacent to an activating group) is 1. The molecule has 5 nitrogen and oxygen atoms in total. The molecular weight excluding hydrogens is 475 g/mol. The first-order valence-corrected chi connectivity index (χ1v) is 10.9. The molecular formula is C22H23BrF3N3O2. The molecule has 2 aliphatic heterocycles. The number of hydrogen-bond acceptors (Lipinski definition) is 3. The number of ketones is 1. The predicted octanol–water partition coefficient (Wildman–Crippen LogP) is 4.38. The van der Waals surface area contributed by atoms with Crippen molar-refractivity contribution in [2.24, 2.45) is 0 Å². The zero-order valence-corrected chi connectivity index (χ0v) is 18.9. The third kappa shape index (κ3) is 3.71. The minimum absolute atomic E-state index is 0.0489. The molecule has 1 aromatic carbocycles. The van der Waals surface area contributed by atoms with Crippen molar-refractivity contribution in [2.75, 3.05) is 26.7 Å². The Kier molecular flexibility index (Phi) is 5.54. The van der Waals surface area contributed by atoms with E-state index in [4.69, 9.17) is 0 Å². The fourth-order valence-electron chi connectivity index (χ4n) is 4.80. The van der Waals surface area contributed by atoms with Crippen LogP contribution in [0.15, 0.2) is 34.8 Å². The first kappa shape index (κ1) is 22.1. The monoisotopic (exact) mass is 497 g/mol. The molecule has 31 heavy (non-hydrogen) atoms. The molecule has 4 rings (SSSR count). The van der Waals surface area contributed by atoms with Gasteiger partial charge in [-0.25, -0.2) is 0 Å². The lowest BCUT2D eigenvalue weighted by atomic mass is 9.81. The van der Waals surface area contributed by atoms with Crippen LogP contribution < -0.4 is 0 Å². The third-order valence-electron chi connectivity index (χ3n) is 6.62. The van der Waals surface area contributed by atoms with Crippen molar-refractivity contribution in [3.05, 3.63) is 57.3 Å². The van der Waals surface area contributed by atoms with Crippen molar-refractivity contribution in [2.45, 2.75) is 38.0 Å². The van der Waals surface area contributed by atoms with Gasteiger partial charge in [-0.1, -0.05) is 15.9 Å². The van der Waals surface area contributed by atoms with Gasteiger partial charge in [-0.2, -0.15) is 13.2 Å². The number of benzene rings is 1. The number of aryl methyl sites for hydroxylation is 1. The van der Waals surface area contributed by atoms with Crippen molar-refractivity contribution in [3.8, 4) is 0 Å². The van der Waals surface area contributed by atoms with Crippen LogP contribution in [-0.2, 0) is 12.1 Å². The maximum Gasteiger partial charge on any atom is 0.456 e. The number of alkyl halides is 3. The SMILES string of the molecule is Cc1cc(C(=O)N2CCC3(CC2)c2ccc(C(=O)C(F)(F)F)n2CCN3C)ccc1Br. The second-order valence-corrected chi connectivity index (χ2v) is 9.15. The molecule has 2 aromatic rings. The molecule has 9 heteroatoms. The molecule has 0 N–H and O–H groups in total. The van der Waals surface area contributed by atoms with Gasteiger partial charge in [-0.3, -0.25) is 14.5 Å². The number of halogens is 4. The Hall–Kier alpha value is -2.13. The quantitative estimate of drug-likeness (QED) is 0.578. The van der Waals surface area contributed by atoms with Crippen molar-refractivity contribution < 1.29 is 22.8 Å². The number of Topliss-reactive ketones (excluding diaryl/α,β-unsaturated/α-hetero) is 1. The van der Waals surface area contributed by atoms with Crippen LogP contribution in [0.25, 0.3) is 0 Å². The fourth-order valence-corrected chi connectivity index (χ4v) is 5.04. The van der Waals surface area contributed by atoms with Crippen molar-refractivity contribution in [3.63, 3.8) is 0 Å². The number of piperidine rings is 1. The summed E-state index contributed by atoms with van der Waals surface area (Å²) >= 11 is 3.44. The Bertz CT molecular complexity index is 1040. The predicted molar refractivity (Wildman–Crippen MR) is 113 cm³/mol. The minimum atomic E-state index is -4.90. The second-order valence-electron chi connectivity index (χ2n) is 8.29. The smallest absolute Gasteiger partial charge is 0.339 e. The summed E-state index contributed by atoms with van der Waals surface area (Å²) in [5.74, 6) is -1.86. The zero-order chi connectivity index (χ0) is 22.6. The highest BCUT2D eigenvalue weighted by Crippen LogP contribution is 2.42. The molecule has 0 saturated carbocycles. The average molecular weight is 498 g/mol. The normalized spacial score (nSPS) is 18.8. The zero-order valence-electron chi connectivity index (χ0n) is 17.3. The summed E-state index contributed by atoms with van der Waals surface area (Å²) in [4.78, 5) is 28.8. The van der Waals surface area contributed by atoms with Gasteiger partial charge in [0.25, 0.3) is 11.7 Å². The van der Waals surface area contributed by atoms with Gasteiger partial charge in [0, 0.05) is 41.9 Å². The van der Waals surface area contributed by atoms with Crippen LogP contribution in [0.4, 0.5) is 13.2 Å². The van der Waals surface area contributed by atoms with Crippen LogP contribution in [-0.4, -0.2) is 58.9 Å². The summed E-state index contributed by atoms with van der Waals surface area (Å²) in [6, 6.07) is 8.42. The van der Waals surface area contributed by atoms with Crippen molar-refractivity contribution >= 4 is 27.6 Å². The molecule has 1 aromatic heterocycles. The second kappa shape index (κ2) is 7.78. The molecule has 3 heterocycles. The van der Waals surface area contributed by atoms with Gasteiger partial charge < -0.3 is 9.47 Å². The molecule has 0 radical (unpaired) electrons. The lowest BCUT2D eigenvalue weighted by Gasteiger charge is -2.50. The lowest BCUT2D eigenvalue weighted by molar-refractivity contribution is -0.0892. The number of hydrogen-bond donors (Lipinski definition) is 0. The van der Waals surface area contributed by atoms with Gasteiger partial charge in [-0.05, 0) is 62.7 Å². The molecule has 2 aliphatic rings. The molecule has 0 unspecified atom stereocenters.